The highest BCUT2D eigenvalue weighted by Crippen LogP contribution is 2.46. The first kappa shape index (κ1) is 16.0. The van der Waals surface area contributed by atoms with Crippen LogP contribution >= 0.6 is 69.6 Å². The first-order chi connectivity index (χ1) is 7.68. The third kappa shape index (κ3) is 4.23. The van der Waals surface area contributed by atoms with E-state index in [-0.39, 0.29) is 0 Å². The van der Waals surface area contributed by atoms with E-state index in [1.165, 1.54) is 0 Å². The number of halogens is 6. The predicted molar refractivity (Wildman–Crippen MR) is 78.6 cm³/mol. The summed E-state index contributed by atoms with van der Waals surface area (Å²) in [7, 11) is 0. The third-order valence-corrected chi connectivity index (χ3v) is 3.35. The largest absolute Gasteiger partial charge is 0.216 e. The molecular formula is C11H9Cl6. The second kappa shape index (κ2) is 5.94. The van der Waals surface area contributed by atoms with Crippen LogP contribution in [-0.4, -0.2) is 0 Å². The minimum atomic E-state index is -1.55. The van der Waals surface area contributed by atoms with E-state index in [4.69, 9.17) is 69.6 Å². The van der Waals surface area contributed by atoms with Gasteiger partial charge in [-0.1, -0.05) is 94.7 Å². The lowest BCUT2D eigenvalue weighted by Crippen LogP contribution is -2.12. The number of hydrogen-bond donors (Lipinski definition) is 0. The van der Waals surface area contributed by atoms with Crippen LogP contribution in [0.15, 0.2) is 18.2 Å². The monoisotopic (exact) mass is 351 g/mol. The fourth-order valence-electron chi connectivity index (χ4n) is 1.48. The molecule has 0 aromatic heterocycles. The Bertz CT molecular complexity index is 356. The summed E-state index contributed by atoms with van der Waals surface area (Å²) in [6.45, 7) is 1.96. The van der Waals surface area contributed by atoms with Crippen molar-refractivity contribution in [1.82, 2.24) is 0 Å². The second-order valence-electron chi connectivity index (χ2n) is 3.37. The van der Waals surface area contributed by atoms with E-state index < -0.39 is 7.59 Å². The molecule has 17 heavy (non-hydrogen) atoms. The average Bonchev–Trinajstić information content (AvgIpc) is 2.15. The molecule has 0 N–H and O–H groups in total. The van der Waals surface area contributed by atoms with E-state index in [1.807, 2.05) is 13.3 Å². The smallest absolute Gasteiger partial charge is 0.0784 e. The van der Waals surface area contributed by atoms with E-state index in [1.54, 1.807) is 18.2 Å². The molecule has 0 aliphatic carbocycles. The molecule has 1 radical (unpaired) electrons. The van der Waals surface area contributed by atoms with Crippen molar-refractivity contribution < 1.29 is 0 Å². The van der Waals surface area contributed by atoms with Gasteiger partial charge in [0.05, 0.1) is 0 Å². The quantitative estimate of drug-likeness (QED) is 0.547. The minimum absolute atomic E-state index is 0.508. The molecule has 0 saturated heterocycles. The summed E-state index contributed by atoms with van der Waals surface area (Å²) in [4.78, 5) is 0. The van der Waals surface area contributed by atoms with Crippen molar-refractivity contribution >= 4 is 69.6 Å². The Balaban J connectivity index is 3.43. The van der Waals surface area contributed by atoms with Gasteiger partial charge in [-0.15, -0.1) is 0 Å². The highest BCUT2D eigenvalue weighted by Gasteiger charge is 2.32. The molecule has 0 amide bonds. The van der Waals surface area contributed by atoms with Gasteiger partial charge in [-0.2, -0.15) is 0 Å². The zero-order valence-corrected chi connectivity index (χ0v) is 13.3. The molecule has 0 bridgehead atoms. The Hall–Kier alpha value is 0.960. The first-order valence-corrected chi connectivity index (χ1v) is 7.05. The van der Waals surface area contributed by atoms with Crippen LogP contribution in [0, 0.1) is 6.42 Å². The van der Waals surface area contributed by atoms with E-state index in [0.29, 0.717) is 16.7 Å². The lowest BCUT2D eigenvalue weighted by molar-refractivity contribution is 1.04. The molecule has 0 unspecified atom stereocenters. The van der Waals surface area contributed by atoms with Crippen LogP contribution in [-0.2, 0) is 7.59 Å². The van der Waals surface area contributed by atoms with Crippen LogP contribution in [0.1, 0.15) is 30.0 Å². The number of hydrogen-bond acceptors (Lipinski definition) is 0. The maximum Gasteiger partial charge on any atom is 0.216 e. The Kier molecular flexibility index (Phi) is 5.60. The predicted octanol–water partition coefficient (Wildman–Crippen LogP) is 6.30. The second-order valence-corrected chi connectivity index (χ2v) is 7.94. The zero-order valence-electron chi connectivity index (χ0n) is 8.78. The highest BCUT2D eigenvalue weighted by molar-refractivity contribution is 6.67. The summed E-state index contributed by atoms with van der Waals surface area (Å²) in [5.74, 6) is 0. The summed E-state index contributed by atoms with van der Waals surface area (Å²) in [5, 5.41) is 0. The van der Waals surface area contributed by atoms with Crippen molar-refractivity contribution in [2.75, 3.05) is 0 Å². The van der Waals surface area contributed by atoms with Gasteiger partial charge in [-0.05, 0) is 18.4 Å². The summed E-state index contributed by atoms with van der Waals surface area (Å²) >= 11 is 35.4. The molecule has 0 spiro atoms. The fraction of sp³-hybridized carbons (Fsp3) is 0.364. The van der Waals surface area contributed by atoms with Gasteiger partial charge < -0.3 is 0 Å². The van der Waals surface area contributed by atoms with Crippen molar-refractivity contribution in [1.29, 1.82) is 0 Å². The standard InChI is InChI=1S/C11H9Cl6/c1-2-4-7-8(10(12,13)14)5-3-6-9(7)11(15,16)17/h3-6H,2H2,1H3. The van der Waals surface area contributed by atoms with Crippen LogP contribution in [0.3, 0.4) is 0 Å². The molecule has 1 aromatic rings. The Morgan fingerprint density at radius 3 is 1.65 bits per heavy atom. The van der Waals surface area contributed by atoms with Crippen LogP contribution < -0.4 is 0 Å². The van der Waals surface area contributed by atoms with Gasteiger partial charge >= 0.3 is 0 Å². The minimum Gasteiger partial charge on any atom is -0.0784 e. The van der Waals surface area contributed by atoms with Crippen LogP contribution in [0.25, 0.3) is 0 Å². The molecule has 0 saturated carbocycles. The topological polar surface area (TPSA) is 0 Å². The van der Waals surface area contributed by atoms with Gasteiger partial charge in [-0.25, -0.2) is 0 Å². The number of alkyl halides is 6. The maximum absolute atomic E-state index is 5.90. The molecule has 6 heteroatoms. The van der Waals surface area contributed by atoms with Gasteiger partial charge in [0, 0.05) is 11.1 Å². The van der Waals surface area contributed by atoms with Crippen molar-refractivity contribution in [3.63, 3.8) is 0 Å². The normalized spacial score (nSPS) is 12.9. The molecule has 0 atom stereocenters. The summed E-state index contributed by atoms with van der Waals surface area (Å²) in [6, 6.07) is 5.10. The van der Waals surface area contributed by atoms with Crippen molar-refractivity contribution in [3.8, 4) is 0 Å². The van der Waals surface area contributed by atoms with Gasteiger partial charge in [0.15, 0.2) is 0 Å². The third-order valence-electron chi connectivity index (χ3n) is 2.13. The van der Waals surface area contributed by atoms with Crippen LogP contribution in [0.4, 0.5) is 0 Å². The molecule has 1 aromatic carbocycles. The summed E-state index contributed by atoms with van der Waals surface area (Å²) in [6.07, 6.45) is 2.61. The van der Waals surface area contributed by atoms with Crippen molar-refractivity contribution in [2.45, 2.75) is 20.9 Å². The average molecular weight is 354 g/mol. The van der Waals surface area contributed by atoms with E-state index in [2.05, 4.69) is 0 Å². The zero-order chi connectivity index (χ0) is 13.3. The first-order valence-electron chi connectivity index (χ1n) is 4.78. The van der Waals surface area contributed by atoms with Gasteiger partial charge in [0.1, 0.15) is 0 Å². The van der Waals surface area contributed by atoms with E-state index in [0.717, 1.165) is 6.42 Å². The summed E-state index contributed by atoms with van der Waals surface area (Å²) < 4.78 is -3.10. The molecule has 1 rings (SSSR count). The van der Waals surface area contributed by atoms with Crippen LogP contribution in [0.5, 0.6) is 0 Å². The van der Waals surface area contributed by atoms with Gasteiger partial charge in [0.2, 0.25) is 7.59 Å². The molecule has 0 heterocycles. The number of benzene rings is 1. The van der Waals surface area contributed by atoms with E-state index >= 15 is 0 Å². The fourth-order valence-corrected chi connectivity index (χ4v) is 2.47. The molecule has 0 nitrogen and oxygen atoms in total. The van der Waals surface area contributed by atoms with Gasteiger partial charge in [0.25, 0.3) is 0 Å². The van der Waals surface area contributed by atoms with E-state index in [9.17, 15) is 0 Å². The molecule has 0 aliphatic heterocycles. The lowest BCUT2D eigenvalue weighted by Gasteiger charge is -2.22. The van der Waals surface area contributed by atoms with Crippen LogP contribution in [0.2, 0.25) is 0 Å². The number of rotatable bonds is 2. The maximum atomic E-state index is 5.90. The Labute approximate surface area is 131 Å². The molecule has 0 fully saturated rings. The summed E-state index contributed by atoms with van der Waals surface area (Å²) in [5.41, 5.74) is 1.68. The molecule has 95 valence electrons. The van der Waals surface area contributed by atoms with Crippen molar-refractivity contribution in [3.05, 3.63) is 41.3 Å². The van der Waals surface area contributed by atoms with Gasteiger partial charge in [-0.3, -0.25) is 0 Å². The van der Waals surface area contributed by atoms with Crippen molar-refractivity contribution in [2.24, 2.45) is 0 Å². The SMILES string of the molecule is CC[CH]c1c(C(Cl)(Cl)Cl)cccc1C(Cl)(Cl)Cl. The molecular weight excluding hydrogens is 345 g/mol. The Morgan fingerprint density at radius 2 is 1.35 bits per heavy atom. The Morgan fingerprint density at radius 1 is 0.941 bits per heavy atom. The lowest BCUT2D eigenvalue weighted by atomic mass is 9.98. The molecule has 0 aliphatic rings. The highest BCUT2D eigenvalue weighted by atomic mass is 35.6.